The molecule has 0 heterocycles. The lowest BCUT2D eigenvalue weighted by Gasteiger charge is -1.99. The molecule has 0 unspecified atom stereocenters. The van der Waals surface area contributed by atoms with E-state index in [1.807, 2.05) is 0 Å². The second-order valence-corrected chi connectivity index (χ2v) is 4.07. The van der Waals surface area contributed by atoms with Crippen LogP contribution >= 0.6 is 31.9 Å². The van der Waals surface area contributed by atoms with Crippen LogP contribution < -0.4 is 0 Å². The maximum atomic E-state index is 12.9. The van der Waals surface area contributed by atoms with E-state index in [1.54, 1.807) is 12.1 Å². The zero-order chi connectivity index (χ0) is 9.14. The van der Waals surface area contributed by atoms with Crippen molar-refractivity contribution in [2.75, 3.05) is 0 Å². The Morgan fingerprint density at radius 1 is 1.50 bits per heavy atom. The molecular formula is C8H5Br2FO. The summed E-state index contributed by atoms with van der Waals surface area (Å²) in [5, 5.41) is 0. The van der Waals surface area contributed by atoms with Crippen molar-refractivity contribution in [3.05, 3.63) is 34.1 Å². The minimum absolute atomic E-state index is 0.0747. The summed E-state index contributed by atoms with van der Waals surface area (Å²) in [5.74, 6) is -0.356. The van der Waals surface area contributed by atoms with Crippen LogP contribution in [-0.4, -0.2) is 4.69 Å². The van der Waals surface area contributed by atoms with Gasteiger partial charge in [0.05, 0.1) is 0 Å². The van der Waals surface area contributed by atoms with Gasteiger partial charge in [0.1, 0.15) is 5.82 Å². The second-order valence-electron chi connectivity index (χ2n) is 2.27. The maximum absolute atomic E-state index is 12.9. The highest BCUT2D eigenvalue weighted by Crippen LogP contribution is 2.16. The molecule has 0 amide bonds. The average molecular weight is 296 g/mol. The van der Waals surface area contributed by atoms with Crippen LogP contribution in [0.3, 0.4) is 0 Å². The Morgan fingerprint density at radius 2 is 2.17 bits per heavy atom. The van der Waals surface area contributed by atoms with Crippen molar-refractivity contribution in [2.24, 2.45) is 0 Å². The van der Waals surface area contributed by atoms with Crippen molar-refractivity contribution < 1.29 is 9.18 Å². The molecule has 0 atom stereocenters. The summed E-state index contributed by atoms with van der Waals surface area (Å²) in [6, 6.07) is 4.52. The van der Waals surface area contributed by atoms with Gasteiger partial charge >= 0.3 is 0 Å². The molecule has 0 aliphatic heterocycles. The van der Waals surface area contributed by atoms with E-state index >= 15 is 0 Å². The second kappa shape index (κ2) is 4.14. The highest BCUT2D eigenvalue weighted by atomic mass is 79.9. The Morgan fingerprint density at radius 3 is 2.75 bits per heavy atom. The Bertz CT molecular complexity index is 312. The molecule has 0 aromatic heterocycles. The first-order valence-electron chi connectivity index (χ1n) is 3.22. The Hall–Kier alpha value is -0.220. The van der Waals surface area contributed by atoms with Gasteiger partial charge in [0.2, 0.25) is 4.69 Å². The van der Waals surface area contributed by atoms with Gasteiger partial charge in [-0.15, -0.1) is 0 Å². The maximum Gasteiger partial charge on any atom is 0.202 e. The fourth-order valence-corrected chi connectivity index (χ4v) is 1.54. The van der Waals surface area contributed by atoms with Gasteiger partial charge in [-0.2, -0.15) is 0 Å². The van der Waals surface area contributed by atoms with E-state index in [9.17, 15) is 9.18 Å². The standard InChI is InChI=1S/C8H5Br2FO/c9-6-1-2-7(11)5(3-6)4-8(10)12/h1-3H,4H2. The van der Waals surface area contributed by atoms with Crippen LogP contribution in [0.2, 0.25) is 0 Å². The molecular weight excluding hydrogens is 291 g/mol. The van der Waals surface area contributed by atoms with Gasteiger partial charge < -0.3 is 0 Å². The van der Waals surface area contributed by atoms with E-state index in [0.717, 1.165) is 4.47 Å². The van der Waals surface area contributed by atoms with Gasteiger partial charge in [-0.25, -0.2) is 4.39 Å². The molecule has 1 rings (SSSR count). The molecule has 0 N–H and O–H groups in total. The molecule has 0 fully saturated rings. The summed E-state index contributed by atoms with van der Waals surface area (Å²) in [4.78, 5) is 10.6. The van der Waals surface area contributed by atoms with Crippen LogP contribution in [-0.2, 0) is 11.2 Å². The first-order chi connectivity index (χ1) is 5.59. The monoisotopic (exact) mass is 294 g/mol. The fourth-order valence-electron chi connectivity index (χ4n) is 0.829. The zero-order valence-corrected chi connectivity index (χ0v) is 9.15. The topological polar surface area (TPSA) is 17.1 Å². The zero-order valence-electron chi connectivity index (χ0n) is 5.98. The lowest BCUT2D eigenvalue weighted by molar-refractivity contribution is -0.109. The number of carbonyl (C=O) groups is 1. The number of benzene rings is 1. The number of hydrogen-bond acceptors (Lipinski definition) is 1. The van der Waals surface area contributed by atoms with Gasteiger partial charge in [-0.1, -0.05) is 15.9 Å². The molecule has 0 saturated carbocycles. The number of hydrogen-bond donors (Lipinski definition) is 0. The van der Waals surface area contributed by atoms with E-state index in [1.165, 1.54) is 6.07 Å². The lowest BCUT2D eigenvalue weighted by Crippen LogP contribution is -1.96. The van der Waals surface area contributed by atoms with Crippen molar-refractivity contribution >= 4 is 36.6 Å². The van der Waals surface area contributed by atoms with E-state index < -0.39 is 0 Å². The molecule has 0 radical (unpaired) electrons. The molecule has 0 spiro atoms. The number of halogens is 3. The van der Waals surface area contributed by atoms with Crippen molar-refractivity contribution in [1.82, 2.24) is 0 Å². The molecule has 64 valence electrons. The van der Waals surface area contributed by atoms with Crippen LogP contribution in [0.15, 0.2) is 22.7 Å². The third kappa shape index (κ3) is 2.68. The summed E-state index contributed by atoms with van der Waals surface area (Å²) >= 11 is 5.94. The Kier molecular flexibility index (Phi) is 3.40. The van der Waals surface area contributed by atoms with E-state index in [-0.39, 0.29) is 16.9 Å². The van der Waals surface area contributed by atoms with E-state index in [4.69, 9.17) is 0 Å². The predicted molar refractivity (Wildman–Crippen MR) is 51.7 cm³/mol. The molecule has 1 aromatic rings. The summed E-state index contributed by atoms with van der Waals surface area (Å²) in [7, 11) is 0. The predicted octanol–water partition coefficient (Wildman–Crippen LogP) is 3.05. The lowest BCUT2D eigenvalue weighted by atomic mass is 10.1. The highest BCUT2D eigenvalue weighted by Gasteiger charge is 2.05. The van der Waals surface area contributed by atoms with Gasteiger partial charge in [0, 0.05) is 10.9 Å². The third-order valence-corrected chi connectivity index (χ3v) is 2.11. The molecule has 4 heteroatoms. The molecule has 1 aromatic carbocycles. The Balaban J connectivity index is 2.97. The van der Waals surface area contributed by atoms with Crippen LogP contribution in [0, 0.1) is 5.82 Å². The molecule has 0 aliphatic carbocycles. The van der Waals surface area contributed by atoms with Gasteiger partial charge in [0.25, 0.3) is 0 Å². The highest BCUT2D eigenvalue weighted by molar-refractivity contribution is 9.18. The summed E-state index contributed by atoms with van der Waals surface area (Å²) in [6.07, 6.45) is 0.0747. The minimum Gasteiger partial charge on any atom is -0.286 e. The summed E-state index contributed by atoms with van der Waals surface area (Å²) < 4.78 is 13.5. The molecule has 0 saturated heterocycles. The Labute approximate surface area is 86.2 Å². The SMILES string of the molecule is O=C(Br)Cc1cc(Br)ccc1F. The van der Waals surface area contributed by atoms with Crippen LogP contribution in [0.4, 0.5) is 4.39 Å². The fraction of sp³-hybridized carbons (Fsp3) is 0.125. The quantitative estimate of drug-likeness (QED) is 0.767. The van der Waals surface area contributed by atoms with Crippen molar-refractivity contribution in [2.45, 2.75) is 6.42 Å². The minimum atomic E-state index is -0.356. The van der Waals surface area contributed by atoms with Gasteiger partial charge in [-0.3, -0.25) is 4.79 Å². The summed E-state index contributed by atoms with van der Waals surface area (Å²) in [5.41, 5.74) is 0.395. The molecule has 0 aliphatic rings. The van der Waals surface area contributed by atoms with E-state index in [0.29, 0.717) is 5.56 Å². The smallest absolute Gasteiger partial charge is 0.202 e. The average Bonchev–Trinajstić information content (AvgIpc) is 1.96. The van der Waals surface area contributed by atoms with Gasteiger partial charge in [-0.05, 0) is 39.7 Å². The van der Waals surface area contributed by atoms with Crippen LogP contribution in [0.25, 0.3) is 0 Å². The first kappa shape index (κ1) is 9.86. The number of rotatable bonds is 2. The third-order valence-electron chi connectivity index (χ3n) is 1.34. The van der Waals surface area contributed by atoms with Crippen molar-refractivity contribution in [3.8, 4) is 0 Å². The first-order valence-corrected chi connectivity index (χ1v) is 4.80. The molecule has 12 heavy (non-hydrogen) atoms. The molecule has 0 bridgehead atoms. The largest absolute Gasteiger partial charge is 0.286 e. The van der Waals surface area contributed by atoms with Crippen LogP contribution in [0.1, 0.15) is 5.56 Å². The van der Waals surface area contributed by atoms with Crippen LogP contribution in [0.5, 0.6) is 0 Å². The van der Waals surface area contributed by atoms with Crippen molar-refractivity contribution in [1.29, 1.82) is 0 Å². The summed E-state index contributed by atoms with van der Waals surface area (Å²) in [6.45, 7) is 0. The van der Waals surface area contributed by atoms with Crippen molar-refractivity contribution in [3.63, 3.8) is 0 Å². The normalized spacial score (nSPS) is 9.92. The van der Waals surface area contributed by atoms with E-state index in [2.05, 4.69) is 31.9 Å². The number of carbonyl (C=O) groups excluding carboxylic acids is 1. The van der Waals surface area contributed by atoms with Gasteiger partial charge in [0.15, 0.2) is 0 Å². The molecule has 1 nitrogen and oxygen atoms in total.